The first-order valence-corrected chi connectivity index (χ1v) is 9.19. The number of benzene rings is 1. The minimum atomic E-state index is -3.66. The van der Waals surface area contributed by atoms with Crippen LogP contribution in [0.25, 0.3) is 0 Å². The van der Waals surface area contributed by atoms with E-state index in [0.29, 0.717) is 16.0 Å². The van der Waals surface area contributed by atoms with Gasteiger partial charge in [-0.1, -0.05) is 30.2 Å². The van der Waals surface area contributed by atoms with E-state index in [-0.39, 0.29) is 17.6 Å². The van der Waals surface area contributed by atoms with Crippen molar-refractivity contribution in [2.75, 3.05) is 0 Å². The van der Waals surface area contributed by atoms with Crippen LogP contribution in [-0.2, 0) is 20.6 Å². The quantitative estimate of drug-likeness (QED) is 0.925. The van der Waals surface area contributed by atoms with Crippen LogP contribution in [0.3, 0.4) is 0 Å². The minimum Gasteiger partial charge on any atom is -0.274 e. The first-order valence-electron chi connectivity index (χ1n) is 7.16. The molecular formula is C15H18ClNO3S. The summed E-state index contributed by atoms with van der Waals surface area (Å²) in [6.07, 6.45) is 5.29. The van der Waals surface area contributed by atoms with Gasteiger partial charge in [-0.15, -0.1) is 0 Å². The summed E-state index contributed by atoms with van der Waals surface area (Å²) < 4.78 is 26.3. The number of nitrogens with one attached hydrogen (secondary N) is 1. The molecule has 1 aromatic carbocycles. The molecule has 0 aromatic heterocycles. The smallest absolute Gasteiger partial charge is 0.239 e. The van der Waals surface area contributed by atoms with Crippen molar-refractivity contribution in [2.24, 2.45) is 11.3 Å². The maximum absolute atomic E-state index is 12.0. The molecule has 1 N–H and O–H groups in total. The Bertz CT molecular complexity index is 659. The summed E-state index contributed by atoms with van der Waals surface area (Å²) in [5.41, 5.74) is 0.936. The van der Waals surface area contributed by atoms with Crippen LogP contribution in [0.5, 0.6) is 0 Å². The molecule has 2 aliphatic rings. The van der Waals surface area contributed by atoms with Crippen molar-refractivity contribution in [1.82, 2.24) is 4.72 Å². The Kier molecular flexibility index (Phi) is 3.74. The Labute approximate surface area is 129 Å². The van der Waals surface area contributed by atoms with Gasteiger partial charge in [-0.3, -0.25) is 9.52 Å². The average Bonchev–Trinajstić information content (AvgIpc) is 2.22. The molecule has 3 rings (SSSR count). The van der Waals surface area contributed by atoms with Crippen LogP contribution in [0.4, 0.5) is 0 Å². The van der Waals surface area contributed by atoms with E-state index in [2.05, 4.69) is 4.72 Å². The predicted octanol–water partition coefficient (Wildman–Crippen LogP) is 2.87. The molecule has 2 aliphatic carbocycles. The molecule has 6 heteroatoms. The van der Waals surface area contributed by atoms with Gasteiger partial charge in [0.1, 0.15) is 0 Å². The fourth-order valence-electron chi connectivity index (χ4n) is 3.37. The maximum Gasteiger partial charge on any atom is 0.239 e. The molecule has 0 heterocycles. The molecule has 1 amide bonds. The maximum atomic E-state index is 12.0. The summed E-state index contributed by atoms with van der Waals surface area (Å²) >= 11 is 5.83. The Morgan fingerprint density at radius 2 is 2.05 bits per heavy atom. The van der Waals surface area contributed by atoms with E-state index in [1.807, 2.05) is 0 Å². The Hall–Kier alpha value is -1.07. The van der Waals surface area contributed by atoms with Gasteiger partial charge in [0.05, 0.1) is 5.75 Å². The number of halogens is 1. The number of hydrogen-bond acceptors (Lipinski definition) is 3. The Morgan fingerprint density at radius 1 is 1.33 bits per heavy atom. The van der Waals surface area contributed by atoms with Crippen molar-refractivity contribution >= 4 is 27.5 Å². The summed E-state index contributed by atoms with van der Waals surface area (Å²) in [5.74, 6) is -0.717. The number of sulfonamides is 1. The highest BCUT2D eigenvalue weighted by atomic mass is 35.5. The molecule has 2 saturated carbocycles. The van der Waals surface area contributed by atoms with Gasteiger partial charge in [-0.05, 0) is 48.8 Å². The van der Waals surface area contributed by atoms with Crippen LogP contribution < -0.4 is 4.72 Å². The molecule has 4 nitrogen and oxygen atoms in total. The molecular weight excluding hydrogens is 310 g/mol. The van der Waals surface area contributed by atoms with Crippen molar-refractivity contribution in [2.45, 2.75) is 37.9 Å². The largest absolute Gasteiger partial charge is 0.274 e. The number of amides is 1. The van der Waals surface area contributed by atoms with Crippen molar-refractivity contribution in [1.29, 1.82) is 0 Å². The molecule has 0 bridgehead atoms. The lowest BCUT2D eigenvalue weighted by molar-refractivity contribution is -0.134. The van der Waals surface area contributed by atoms with E-state index in [0.717, 1.165) is 12.8 Å². The van der Waals surface area contributed by atoms with Gasteiger partial charge in [0.2, 0.25) is 15.9 Å². The van der Waals surface area contributed by atoms with Gasteiger partial charge >= 0.3 is 0 Å². The van der Waals surface area contributed by atoms with Crippen molar-refractivity contribution < 1.29 is 13.2 Å². The van der Waals surface area contributed by atoms with Gasteiger partial charge in [0.15, 0.2) is 0 Å². The van der Waals surface area contributed by atoms with Crippen LogP contribution in [-0.4, -0.2) is 14.3 Å². The molecule has 0 unspecified atom stereocenters. The zero-order valence-corrected chi connectivity index (χ0v) is 13.2. The minimum absolute atomic E-state index is 0.139. The molecule has 1 aromatic rings. The lowest BCUT2D eigenvalue weighted by Gasteiger charge is -2.53. The van der Waals surface area contributed by atoms with Gasteiger partial charge in [-0.2, -0.15) is 0 Å². The fourth-order valence-corrected chi connectivity index (χ4v) is 4.75. The van der Waals surface area contributed by atoms with Crippen molar-refractivity contribution in [3.05, 3.63) is 34.9 Å². The molecule has 0 radical (unpaired) electrons. The third-order valence-electron chi connectivity index (χ3n) is 4.65. The standard InChI is InChI=1S/C15H18ClNO3S/c16-13-4-1-3-11(7-13)10-21(19,20)17-14(18)12-8-15(9-12)5-2-6-15/h1,3-4,7,12H,2,5-6,8-10H2,(H,17,18). The highest BCUT2D eigenvalue weighted by Crippen LogP contribution is 2.58. The van der Waals surface area contributed by atoms with E-state index in [4.69, 9.17) is 11.6 Å². The molecule has 2 fully saturated rings. The SMILES string of the molecule is O=C(NS(=O)(=O)Cc1cccc(Cl)c1)C1CC2(CCC2)C1. The van der Waals surface area contributed by atoms with E-state index in [9.17, 15) is 13.2 Å². The van der Waals surface area contributed by atoms with Crippen LogP contribution in [0.1, 0.15) is 37.7 Å². The lowest BCUT2D eigenvalue weighted by Crippen LogP contribution is -2.50. The third-order valence-corrected chi connectivity index (χ3v) is 6.11. The van der Waals surface area contributed by atoms with E-state index in [1.54, 1.807) is 24.3 Å². The van der Waals surface area contributed by atoms with Gasteiger partial charge in [-0.25, -0.2) is 8.42 Å². The summed E-state index contributed by atoms with van der Waals surface area (Å²) in [6, 6.07) is 6.66. The highest BCUT2D eigenvalue weighted by Gasteiger charge is 2.50. The molecule has 21 heavy (non-hydrogen) atoms. The molecule has 0 atom stereocenters. The highest BCUT2D eigenvalue weighted by molar-refractivity contribution is 7.89. The number of carbonyl (C=O) groups is 1. The number of carbonyl (C=O) groups excluding carboxylic acids is 1. The molecule has 0 saturated heterocycles. The van der Waals surface area contributed by atoms with E-state index < -0.39 is 10.0 Å². The van der Waals surface area contributed by atoms with Crippen LogP contribution in [0.15, 0.2) is 24.3 Å². The second kappa shape index (κ2) is 5.29. The summed E-state index contributed by atoms with van der Waals surface area (Å²) in [6.45, 7) is 0. The van der Waals surface area contributed by atoms with E-state index in [1.165, 1.54) is 19.3 Å². The topological polar surface area (TPSA) is 63.2 Å². The zero-order chi connectivity index (χ0) is 15.1. The fraction of sp³-hybridized carbons (Fsp3) is 0.533. The van der Waals surface area contributed by atoms with Crippen LogP contribution >= 0.6 is 11.6 Å². The zero-order valence-electron chi connectivity index (χ0n) is 11.6. The normalized spacial score (nSPS) is 20.6. The third kappa shape index (κ3) is 3.24. The molecule has 1 spiro atoms. The predicted molar refractivity (Wildman–Crippen MR) is 81.2 cm³/mol. The second-order valence-corrected chi connectivity index (χ2v) is 8.47. The Morgan fingerprint density at radius 3 is 2.62 bits per heavy atom. The van der Waals surface area contributed by atoms with Gasteiger partial charge < -0.3 is 0 Å². The van der Waals surface area contributed by atoms with Crippen LogP contribution in [0, 0.1) is 11.3 Å². The van der Waals surface area contributed by atoms with E-state index >= 15 is 0 Å². The van der Waals surface area contributed by atoms with Gasteiger partial charge in [0, 0.05) is 10.9 Å². The number of hydrogen-bond donors (Lipinski definition) is 1. The first kappa shape index (κ1) is 14.9. The summed E-state index contributed by atoms with van der Waals surface area (Å²) in [4.78, 5) is 12.0. The van der Waals surface area contributed by atoms with Crippen LogP contribution in [0.2, 0.25) is 5.02 Å². The molecule has 114 valence electrons. The van der Waals surface area contributed by atoms with Gasteiger partial charge in [0.25, 0.3) is 0 Å². The lowest BCUT2D eigenvalue weighted by atomic mass is 9.52. The first-order chi connectivity index (χ1) is 9.88. The number of rotatable bonds is 4. The van der Waals surface area contributed by atoms with Crippen molar-refractivity contribution in [3.8, 4) is 0 Å². The Balaban J connectivity index is 1.57. The summed E-state index contributed by atoms with van der Waals surface area (Å²) in [7, 11) is -3.66. The average molecular weight is 328 g/mol. The summed E-state index contributed by atoms with van der Waals surface area (Å²) in [5, 5.41) is 0.486. The monoisotopic (exact) mass is 327 g/mol. The molecule has 0 aliphatic heterocycles. The second-order valence-electron chi connectivity index (χ2n) is 6.31. The van der Waals surface area contributed by atoms with Crippen molar-refractivity contribution in [3.63, 3.8) is 0 Å².